The molecule has 0 saturated heterocycles. The quantitative estimate of drug-likeness (QED) is 0.863. The van der Waals surface area contributed by atoms with Crippen molar-refractivity contribution in [1.82, 2.24) is 0 Å². The summed E-state index contributed by atoms with van der Waals surface area (Å²) in [5.74, 6) is -0.249. The number of nitrogens with two attached hydrogens (primary N) is 1. The number of anilines is 1. The molecule has 0 saturated carbocycles. The lowest BCUT2D eigenvalue weighted by molar-refractivity contribution is -0.119. The highest BCUT2D eigenvalue weighted by atomic mass is 16.3. The van der Waals surface area contributed by atoms with Crippen molar-refractivity contribution in [2.45, 2.75) is 32.3 Å². The van der Waals surface area contributed by atoms with Gasteiger partial charge in [-0.05, 0) is 24.0 Å². The van der Waals surface area contributed by atoms with Crippen LogP contribution in [-0.4, -0.2) is 30.2 Å². The summed E-state index contributed by atoms with van der Waals surface area (Å²) in [7, 11) is 0. The summed E-state index contributed by atoms with van der Waals surface area (Å²) in [6.45, 7) is 5.37. The van der Waals surface area contributed by atoms with Gasteiger partial charge in [-0.2, -0.15) is 0 Å². The minimum Gasteiger partial charge on any atom is -0.391 e. The number of carbonyl (C=O) groups is 1. The minimum absolute atomic E-state index is 0.205. The molecule has 104 valence electrons. The lowest BCUT2D eigenvalue weighted by Crippen LogP contribution is -2.41. The number of benzene rings is 1. The lowest BCUT2D eigenvalue weighted by Gasteiger charge is -2.36. The fourth-order valence-electron chi connectivity index (χ4n) is 2.55. The summed E-state index contributed by atoms with van der Waals surface area (Å²) < 4.78 is 0. The average molecular weight is 262 g/mol. The molecule has 2 atom stereocenters. The summed E-state index contributed by atoms with van der Waals surface area (Å²) in [5, 5.41) is 10.0. The average Bonchev–Trinajstić information content (AvgIpc) is 2.38. The number of aliphatic hydroxyl groups excluding tert-OH is 1. The normalized spacial score (nSPS) is 20.2. The molecule has 4 heteroatoms. The van der Waals surface area contributed by atoms with Crippen molar-refractivity contribution in [1.29, 1.82) is 0 Å². The third-order valence-electron chi connectivity index (χ3n) is 3.86. The van der Waals surface area contributed by atoms with Crippen molar-refractivity contribution >= 4 is 11.6 Å². The summed E-state index contributed by atoms with van der Waals surface area (Å²) >= 11 is 0. The summed E-state index contributed by atoms with van der Waals surface area (Å²) in [6.07, 6.45) is 0.357. The second-order valence-corrected chi connectivity index (χ2v) is 5.56. The number of carbonyl (C=O) groups excluding carboxylic acids is 1. The first kappa shape index (κ1) is 13.9. The van der Waals surface area contributed by atoms with Gasteiger partial charge in [-0.15, -0.1) is 0 Å². The Kier molecular flexibility index (Phi) is 4.10. The highest BCUT2D eigenvalue weighted by Crippen LogP contribution is 2.35. The molecule has 2 unspecified atom stereocenters. The van der Waals surface area contributed by atoms with Crippen molar-refractivity contribution in [2.24, 2.45) is 11.7 Å². The molecule has 1 aliphatic heterocycles. The molecule has 0 bridgehead atoms. The topological polar surface area (TPSA) is 66.6 Å². The Morgan fingerprint density at radius 3 is 2.79 bits per heavy atom. The molecule has 19 heavy (non-hydrogen) atoms. The molecule has 2 rings (SSSR count). The Morgan fingerprint density at radius 1 is 1.47 bits per heavy atom. The van der Waals surface area contributed by atoms with E-state index >= 15 is 0 Å². The molecule has 0 fully saturated rings. The minimum atomic E-state index is -0.363. The maximum Gasteiger partial charge on any atom is 0.225 e. The second kappa shape index (κ2) is 5.61. The van der Waals surface area contributed by atoms with Crippen molar-refractivity contribution in [3.05, 3.63) is 29.8 Å². The van der Waals surface area contributed by atoms with E-state index < -0.39 is 0 Å². The monoisotopic (exact) mass is 262 g/mol. The number of hydrogen-bond donors (Lipinski definition) is 2. The van der Waals surface area contributed by atoms with Gasteiger partial charge in [0.1, 0.15) is 0 Å². The number of rotatable bonds is 4. The molecule has 0 radical (unpaired) electrons. The lowest BCUT2D eigenvalue weighted by atomic mass is 9.89. The summed E-state index contributed by atoms with van der Waals surface area (Å²) in [6, 6.07) is 7.84. The number of fused-ring (bicyclic) bond motifs is 1. The Balaban J connectivity index is 2.25. The van der Waals surface area contributed by atoms with Crippen LogP contribution in [0.5, 0.6) is 0 Å². The maximum atomic E-state index is 11.5. The van der Waals surface area contributed by atoms with Crippen LogP contribution in [0.3, 0.4) is 0 Å². The maximum absolute atomic E-state index is 11.5. The highest BCUT2D eigenvalue weighted by Gasteiger charge is 2.29. The third-order valence-corrected chi connectivity index (χ3v) is 3.86. The van der Waals surface area contributed by atoms with Gasteiger partial charge in [0.2, 0.25) is 5.91 Å². The Morgan fingerprint density at radius 2 is 2.16 bits per heavy atom. The Hall–Kier alpha value is -1.55. The smallest absolute Gasteiger partial charge is 0.225 e. The van der Waals surface area contributed by atoms with Gasteiger partial charge in [0.25, 0.3) is 0 Å². The molecule has 0 spiro atoms. The van der Waals surface area contributed by atoms with Crippen LogP contribution in [0.15, 0.2) is 24.3 Å². The summed E-state index contributed by atoms with van der Waals surface area (Å²) in [5.41, 5.74) is 7.48. The number of nitrogens with zero attached hydrogens (tertiary/aromatic N) is 1. The van der Waals surface area contributed by atoms with Gasteiger partial charge < -0.3 is 15.7 Å². The van der Waals surface area contributed by atoms with E-state index in [4.69, 9.17) is 5.73 Å². The van der Waals surface area contributed by atoms with Gasteiger partial charge >= 0.3 is 0 Å². The summed E-state index contributed by atoms with van der Waals surface area (Å²) in [4.78, 5) is 13.7. The van der Waals surface area contributed by atoms with Crippen molar-refractivity contribution in [3.63, 3.8) is 0 Å². The van der Waals surface area contributed by atoms with Crippen LogP contribution in [0.25, 0.3) is 0 Å². The first-order valence-corrected chi connectivity index (χ1v) is 6.82. The van der Waals surface area contributed by atoms with Crippen LogP contribution >= 0.6 is 0 Å². The van der Waals surface area contributed by atoms with E-state index in [1.54, 1.807) is 0 Å². The van der Waals surface area contributed by atoms with Gasteiger partial charge in [-0.3, -0.25) is 4.79 Å². The number of para-hydroxylation sites is 1. The van der Waals surface area contributed by atoms with E-state index in [0.29, 0.717) is 6.54 Å². The Labute approximate surface area is 114 Å². The molecular weight excluding hydrogens is 240 g/mol. The molecular formula is C15H22N2O2. The molecule has 1 aromatic rings. The van der Waals surface area contributed by atoms with Crippen molar-refractivity contribution < 1.29 is 9.90 Å². The van der Waals surface area contributed by atoms with Gasteiger partial charge in [0.05, 0.1) is 12.0 Å². The fraction of sp³-hybridized carbons (Fsp3) is 0.533. The van der Waals surface area contributed by atoms with E-state index in [1.165, 1.54) is 0 Å². The number of aliphatic hydroxyl groups is 1. The molecule has 0 aliphatic carbocycles. The van der Waals surface area contributed by atoms with Gasteiger partial charge in [0.15, 0.2) is 0 Å². The largest absolute Gasteiger partial charge is 0.391 e. The third kappa shape index (κ3) is 2.89. The van der Waals surface area contributed by atoms with Crippen LogP contribution in [0.2, 0.25) is 0 Å². The van der Waals surface area contributed by atoms with Crippen molar-refractivity contribution in [3.8, 4) is 0 Å². The molecule has 3 N–H and O–H groups in total. The van der Waals surface area contributed by atoms with Crippen LogP contribution in [0.4, 0.5) is 5.69 Å². The van der Waals surface area contributed by atoms with Gasteiger partial charge in [-0.25, -0.2) is 0 Å². The van der Waals surface area contributed by atoms with Gasteiger partial charge in [-0.1, -0.05) is 32.0 Å². The van der Waals surface area contributed by atoms with Crippen LogP contribution < -0.4 is 10.6 Å². The number of primary amides is 1. The number of β-amino-alcohol motifs (C(OH)–C–C–N with tert-alkyl or cyclic N) is 1. The first-order valence-electron chi connectivity index (χ1n) is 6.82. The highest BCUT2D eigenvalue weighted by molar-refractivity contribution is 5.85. The van der Waals surface area contributed by atoms with Crippen LogP contribution in [-0.2, 0) is 4.79 Å². The predicted octanol–water partition coefficient (Wildman–Crippen LogP) is 1.48. The van der Waals surface area contributed by atoms with Gasteiger partial charge in [0, 0.05) is 18.8 Å². The van der Waals surface area contributed by atoms with E-state index in [2.05, 4.69) is 4.90 Å². The van der Waals surface area contributed by atoms with Crippen LogP contribution in [0, 0.1) is 5.92 Å². The van der Waals surface area contributed by atoms with Crippen LogP contribution in [0.1, 0.15) is 31.7 Å². The van der Waals surface area contributed by atoms with Crippen molar-refractivity contribution in [2.75, 3.05) is 18.0 Å². The number of amides is 1. The first-order chi connectivity index (χ1) is 9.00. The fourth-order valence-corrected chi connectivity index (χ4v) is 2.55. The van der Waals surface area contributed by atoms with E-state index in [-0.39, 0.29) is 23.8 Å². The van der Waals surface area contributed by atoms with E-state index in [1.807, 2.05) is 38.1 Å². The number of hydrogen-bond acceptors (Lipinski definition) is 3. The molecule has 0 aromatic heterocycles. The second-order valence-electron chi connectivity index (χ2n) is 5.56. The van der Waals surface area contributed by atoms with E-state index in [9.17, 15) is 9.90 Å². The zero-order chi connectivity index (χ0) is 14.0. The zero-order valence-electron chi connectivity index (χ0n) is 11.5. The SMILES string of the molecule is CC(C)C(O)CN1CCC(C(N)=O)c2ccccc21. The molecule has 1 aromatic carbocycles. The van der Waals surface area contributed by atoms with E-state index in [0.717, 1.165) is 24.2 Å². The molecule has 1 heterocycles. The predicted molar refractivity (Wildman–Crippen MR) is 76.1 cm³/mol. The Bertz CT molecular complexity index is 459. The standard InChI is InChI=1S/C15H22N2O2/c1-10(2)14(18)9-17-8-7-12(15(16)19)11-5-3-4-6-13(11)17/h3-6,10,12,14,18H,7-9H2,1-2H3,(H2,16,19). The zero-order valence-corrected chi connectivity index (χ0v) is 11.5. The molecule has 4 nitrogen and oxygen atoms in total. The molecule has 1 amide bonds. The molecule has 1 aliphatic rings.